The van der Waals surface area contributed by atoms with Crippen molar-refractivity contribution >= 4 is 28.3 Å². The molecule has 0 unspecified atom stereocenters. The van der Waals surface area contributed by atoms with Crippen LogP contribution in [-0.2, 0) is 0 Å². The quantitative estimate of drug-likeness (QED) is 0.792. The van der Waals surface area contributed by atoms with Crippen LogP contribution in [0.2, 0.25) is 0 Å². The third kappa shape index (κ3) is 2.13. The van der Waals surface area contributed by atoms with Crippen molar-refractivity contribution in [1.29, 1.82) is 0 Å². The Morgan fingerprint density at radius 1 is 1.21 bits per heavy atom. The van der Waals surface area contributed by atoms with Crippen LogP contribution in [0.1, 0.15) is 10.4 Å². The lowest BCUT2D eigenvalue weighted by atomic mass is 10.1. The highest BCUT2D eigenvalue weighted by Gasteiger charge is 2.16. The summed E-state index contributed by atoms with van der Waals surface area (Å²) in [4.78, 5) is 15.2. The van der Waals surface area contributed by atoms with Gasteiger partial charge in [0, 0.05) is 16.9 Å². The second kappa shape index (κ2) is 4.66. The van der Waals surface area contributed by atoms with Gasteiger partial charge in [0.05, 0.1) is 0 Å². The van der Waals surface area contributed by atoms with E-state index in [4.69, 9.17) is 4.74 Å². The number of carbonyl (C=O) groups is 1. The molecule has 1 heterocycles. The van der Waals surface area contributed by atoms with Crippen molar-refractivity contribution in [3.05, 3.63) is 48.3 Å². The molecule has 0 spiro atoms. The maximum absolute atomic E-state index is 11.3. The number of carboxylic acid groups (broad SMARTS) is 1. The highest BCUT2D eigenvalue weighted by molar-refractivity contribution is 7.07. The summed E-state index contributed by atoms with van der Waals surface area (Å²) >= 11 is 1.07. The van der Waals surface area contributed by atoms with E-state index in [9.17, 15) is 9.90 Å². The number of rotatable bonds is 3. The smallest absolute Gasteiger partial charge is 0.339 e. The summed E-state index contributed by atoms with van der Waals surface area (Å²) in [6.45, 7) is 0. The number of aromatic carboxylic acids is 1. The molecule has 94 valence electrons. The monoisotopic (exact) mass is 272 g/mol. The van der Waals surface area contributed by atoms with Gasteiger partial charge in [0.1, 0.15) is 11.9 Å². The fraction of sp³-hybridized carbons (Fsp3) is 0. The van der Waals surface area contributed by atoms with E-state index in [1.165, 1.54) is 12.4 Å². The normalized spacial score (nSPS) is 10.5. The van der Waals surface area contributed by atoms with Crippen molar-refractivity contribution in [2.24, 2.45) is 0 Å². The van der Waals surface area contributed by atoms with Crippen LogP contribution in [0.4, 0.5) is 0 Å². The minimum Gasteiger partial charge on any atom is -0.478 e. The number of hydrogen-bond acceptors (Lipinski definition) is 5. The number of ether oxygens (including phenoxy) is 1. The summed E-state index contributed by atoms with van der Waals surface area (Å²) in [6.07, 6.45) is 1.37. The van der Waals surface area contributed by atoms with E-state index >= 15 is 0 Å². The lowest BCUT2D eigenvalue weighted by Gasteiger charge is -2.09. The van der Waals surface area contributed by atoms with Crippen LogP contribution >= 0.6 is 11.5 Å². The predicted molar refractivity (Wildman–Crippen MR) is 70.9 cm³/mol. The summed E-state index contributed by atoms with van der Waals surface area (Å²) in [7, 11) is 0. The maximum Gasteiger partial charge on any atom is 0.339 e. The molecule has 2 aromatic carbocycles. The van der Waals surface area contributed by atoms with Crippen LogP contribution in [0.3, 0.4) is 0 Å². The van der Waals surface area contributed by atoms with Crippen LogP contribution in [0, 0.1) is 0 Å². The molecule has 0 saturated heterocycles. The molecule has 5 nitrogen and oxygen atoms in total. The van der Waals surface area contributed by atoms with Crippen LogP contribution in [0.5, 0.6) is 10.9 Å². The number of hydrogen-bond donors (Lipinski definition) is 1. The van der Waals surface area contributed by atoms with E-state index < -0.39 is 5.97 Å². The van der Waals surface area contributed by atoms with Gasteiger partial charge in [-0.1, -0.05) is 30.3 Å². The summed E-state index contributed by atoms with van der Waals surface area (Å²) in [5.74, 6) is -0.743. The maximum atomic E-state index is 11.3. The molecule has 0 aliphatic heterocycles. The van der Waals surface area contributed by atoms with E-state index in [-0.39, 0.29) is 5.56 Å². The van der Waals surface area contributed by atoms with Crippen molar-refractivity contribution in [1.82, 2.24) is 9.36 Å². The fourth-order valence-corrected chi connectivity index (χ4v) is 2.22. The standard InChI is InChI=1S/C13H8N2O3S/c16-12(17)10-6-5-8-3-1-2-4-9(8)11(10)18-13-14-7-15-19-13/h1-7H,(H,16,17). The minimum absolute atomic E-state index is 0.105. The van der Waals surface area contributed by atoms with Crippen LogP contribution in [0.15, 0.2) is 42.7 Å². The molecule has 0 aliphatic carbocycles. The molecule has 0 atom stereocenters. The molecule has 1 aromatic heterocycles. The van der Waals surface area contributed by atoms with E-state index in [1.54, 1.807) is 6.07 Å². The zero-order chi connectivity index (χ0) is 13.2. The molecule has 0 saturated carbocycles. The third-order valence-corrected chi connectivity index (χ3v) is 3.19. The number of aromatic nitrogens is 2. The molecule has 3 aromatic rings. The van der Waals surface area contributed by atoms with E-state index in [0.717, 1.165) is 22.3 Å². The highest BCUT2D eigenvalue weighted by Crippen LogP contribution is 2.33. The second-order valence-electron chi connectivity index (χ2n) is 3.78. The zero-order valence-electron chi connectivity index (χ0n) is 9.61. The molecule has 1 N–H and O–H groups in total. The fourth-order valence-electron chi connectivity index (χ4n) is 1.82. The Morgan fingerprint density at radius 3 is 2.79 bits per heavy atom. The molecule has 3 rings (SSSR count). The first-order chi connectivity index (χ1) is 9.25. The van der Waals surface area contributed by atoms with E-state index in [0.29, 0.717) is 10.9 Å². The first-order valence-electron chi connectivity index (χ1n) is 5.45. The van der Waals surface area contributed by atoms with Crippen molar-refractivity contribution in [3.63, 3.8) is 0 Å². The Morgan fingerprint density at radius 2 is 2.05 bits per heavy atom. The van der Waals surface area contributed by atoms with Gasteiger partial charge in [-0.15, -0.1) is 0 Å². The molecule has 0 radical (unpaired) electrons. The van der Waals surface area contributed by atoms with Gasteiger partial charge in [0.25, 0.3) is 5.19 Å². The number of benzene rings is 2. The van der Waals surface area contributed by atoms with Crippen LogP contribution < -0.4 is 4.74 Å². The highest BCUT2D eigenvalue weighted by atomic mass is 32.1. The minimum atomic E-state index is -1.04. The Hall–Kier alpha value is -2.47. The summed E-state index contributed by atoms with van der Waals surface area (Å²) in [6, 6.07) is 10.7. The topological polar surface area (TPSA) is 72.3 Å². The number of fused-ring (bicyclic) bond motifs is 1. The lowest BCUT2D eigenvalue weighted by molar-refractivity contribution is 0.0694. The lowest BCUT2D eigenvalue weighted by Crippen LogP contribution is -2.00. The van der Waals surface area contributed by atoms with E-state index in [2.05, 4.69) is 9.36 Å². The molecule has 0 fully saturated rings. The molecule has 19 heavy (non-hydrogen) atoms. The van der Waals surface area contributed by atoms with Gasteiger partial charge in [-0.2, -0.15) is 9.36 Å². The van der Waals surface area contributed by atoms with Crippen LogP contribution in [0.25, 0.3) is 10.8 Å². The third-order valence-electron chi connectivity index (χ3n) is 2.64. The van der Waals surface area contributed by atoms with Gasteiger partial charge < -0.3 is 9.84 Å². The first kappa shape index (κ1) is 11.6. The van der Waals surface area contributed by atoms with Gasteiger partial charge in [-0.25, -0.2) is 4.79 Å². The Bertz CT molecular complexity index is 741. The van der Waals surface area contributed by atoms with Crippen molar-refractivity contribution in [3.8, 4) is 10.9 Å². The van der Waals surface area contributed by atoms with Gasteiger partial charge in [-0.05, 0) is 11.5 Å². The van der Waals surface area contributed by atoms with Gasteiger partial charge in [0.15, 0.2) is 5.75 Å². The molecular formula is C13H8N2O3S. The van der Waals surface area contributed by atoms with Crippen LogP contribution in [-0.4, -0.2) is 20.4 Å². The second-order valence-corrected chi connectivity index (χ2v) is 4.52. The van der Waals surface area contributed by atoms with Crippen molar-refractivity contribution < 1.29 is 14.6 Å². The Kier molecular flexibility index (Phi) is 2.85. The first-order valence-corrected chi connectivity index (χ1v) is 6.22. The summed E-state index contributed by atoms with van der Waals surface area (Å²) in [5, 5.41) is 11.2. The summed E-state index contributed by atoms with van der Waals surface area (Å²) < 4.78 is 9.42. The average molecular weight is 272 g/mol. The molecule has 0 amide bonds. The van der Waals surface area contributed by atoms with Crippen molar-refractivity contribution in [2.45, 2.75) is 0 Å². The van der Waals surface area contributed by atoms with E-state index in [1.807, 2.05) is 24.3 Å². The summed E-state index contributed by atoms with van der Waals surface area (Å²) in [5.41, 5.74) is 0.105. The van der Waals surface area contributed by atoms with Gasteiger partial charge >= 0.3 is 5.97 Å². The zero-order valence-corrected chi connectivity index (χ0v) is 10.4. The molecular weight excluding hydrogens is 264 g/mol. The Labute approximate surface area is 112 Å². The molecule has 6 heteroatoms. The Balaban J connectivity index is 2.22. The number of nitrogens with zero attached hydrogens (tertiary/aromatic N) is 2. The SMILES string of the molecule is O=C(O)c1ccc2ccccc2c1Oc1ncns1. The predicted octanol–water partition coefficient (Wildman–Crippen LogP) is 3.18. The number of carboxylic acids is 1. The molecule has 0 aliphatic rings. The molecule has 0 bridgehead atoms. The van der Waals surface area contributed by atoms with Gasteiger partial charge in [0.2, 0.25) is 0 Å². The van der Waals surface area contributed by atoms with Crippen molar-refractivity contribution in [2.75, 3.05) is 0 Å². The largest absolute Gasteiger partial charge is 0.478 e. The average Bonchev–Trinajstić information content (AvgIpc) is 2.92. The van der Waals surface area contributed by atoms with Gasteiger partial charge in [-0.3, -0.25) is 0 Å².